The minimum Gasteiger partial charge on any atom is -0.464 e. The van der Waals surface area contributed by atoms with Gasteiger partial charge in [0.05, 0.1) is 19.1 Å². The summed E-state index contributed by atoms with van der Waals surface area (Å²) >= 11 is 0. The van der Waals surface area contributed by atoms with E-state index in [1.807, 2.05) is 0 Å². The normalized spacial score (nSPS) is 11.6. The van der Waals surface area contributed by atoms with Crippen molar-refractivity contribution in [2.75, 3.05) is 13.4 Å². The number of aromatic nitrogens is 4. The highest BCUT2D eigenvalue weighted by atomic mass is 32.2. The lowest BCUT2D eigenvalue weighted by Crippen LogP contribution is -2.17. The lowest BCUT2D eigenvalue weighted by molar-refractivity contribution is 0.0593. The van der Waals surface area contributed by atoms with Crippen molar-refractivity contribution in [2.24, 2.45) is 0 Å². The van der Waals surface area contributed by atoms with E-state index in [-0.39, 0.29) is 17.1 Å². The molecule has 0 aliphatic rings. The smallest absolute Gasteiger partial charge is 0.355 e. The number of ether oxygens (including phenoxy) is 1. The number of hydrogen-bond donors (Lipinski definition) is 1. The average Bonchev–Trinajstić information content (AvgIpc) is 3.20. The van der Waals surface area contributed by atoms with Gasteiger partial charge in [-0.25, -0.2) is 40.4 Å². The molecule has 0 aliphatic carbocycles. The molecule has 142 valence electrons. The summed E-state index contributed by atoms with van der Waals surface area (Å²) in [5.41, 5.74) is -1.68. The Hall–Kier alpha value is -3.28. The maximum Gasteiger partial charge on any atom is 0.355 e. The van der Waals surface area contributed by atoms with Gasteiger partial charge in [0.25, 0.3) is 0 Å². The second-order valence-electron chi connectivity index (χ2n) is 5.43. The molecular formula is C15H12F2N4O5S. The Morgan fingerprint density at radius 1 is 1.30 bits per heavy atom. The molecule has 12 heteroatoms. The number of halogens is 2. The summed E-state index contributed by atoms with van der Waals surface area (Å²) in [7, 11) is -2.84. The zero-order valence-electron chi connectivity index (χ0n) is 13.9. The van der Waals surface area contributed by atoms with Gasteiger partial charge in [-0.2, -0.15) is 5.10 Å². The molecule has 0 radical (unpaired) electrons. The highest BCUT2D eigenvalue weighted by molar-refractivity contribution is 7.89. The van der Waals surface area contributed by atoms with E-state index in [4.69, 9.17) is 0 Å². The van der Waals surface area contributed by atoms with Gasteiger partial charge < -0.3 is 4.74 Å². The van der Waals surface area contributed by atoms with Crippen LogP contribution in [0.15, 0.2) is 35.3 Å². The summed E-state index contributed by atoms with van der Waals surface area (Å²) in [6, 6.07) is 4.32. The first-order valence-electron chi connectivity index (χ1n) is 7.28. The number of rotatable bonds is 4. The van der Waals surface area contributed by atoms with Crippen LogP contribution in [-0.4, -0.2) is 46.5 Å². The maximum absolute atomic E-state index is 14.1. The minimum absolute atomic E-state index is 0.0113. The number of benzene rings is 1. The lowest BCUT2D eigenvalue weighted by atomic mass is 10.2. The number of methoxy groups -OCH3 is 1. The molecule has 0 unspecified atom stereocenters. The molecule has 0 saturated carbocycles. The van der Waals surface area contributed by atoms with E-state index in [0.717, 1.165) is 42.3 Å². The van der Waals surface area contributed by atoms with Crippen LogP contribution in [0.5, 0.6) is 0 Å². The number of carbonyl (C=O) groups excluding carboxylic acids is 1. The Kier molecular flexibility index (Phi) is 4.43. The summed E-state index contributed by atoms with van der Waals surface area (Å²) < 4.78 is 57.5. The largest absolute Gasteiger partial charge is 0.464 e. The van der Waals surface area contributed by atoms with E-state index in [0.29, 0.717) is 3.97 Å². The number of nitrogens with one attached hydrogen (secondary N) is 1. The first kappa shape index (κ1) is 18.5. The second kappa shape index (κ2) is 6.46. The molecule has 2 aromatic heterocycles. The van der Waals surface area contributed by atoms with Gasteiger partial charge in [-0.1, -0.05) is 6.07 Å². The molecule has 0 bridgehead atoms. The van der Waals surface area contributed by atoms with Crippen molar-refractivity contribution in [2.45, 2.75) is 0 Å². The van der Waals surface area contributed by atoms with E-state index in [2.05, 4.69) is 14.9 Å². The summed E-state index contributed by atoms with van der Waals surface area (Å²) in [5.74, 6) is -3.65. The van der Waals surface area contributed by atoms with E-state index in [1.165, 1.54) is 6.07 Å². The van der Waals surface area contributed by atoms with Gasteiger partial charge in [0.15, 0.2) is 17.5 Å². The van der Waals surface area contributed by atoms with Crippen molar-refractivity contribution >= 4 is 16.0 Å². The summed E-state index contributed by atoms with van der Waals surface area (Å²) in [6.07, 6.45) is 1.87. The molecular weight excluding hydrogens is 386 g/mol. The molecule has 1 N–H and O–H groups in total. The SMILES string of the molecule is COC(=O)c1cc(-c2n[nH]c(=O)n2-c2cccc(F)c2F)cn1S(C)(=O)=O. The van der Waals surface area contributed by atoms with Crippen LogP contribution in [0.2, 0.25) is 0 Å². The Labute approximate surface area is 150 Å². The Morgan fingerprint density at radius 3 is 2.63 bits per heavy atom. The van der Waals surface area contributed by atoms with E-state index >= 15 is 0 Å². The number of esters is 1. The van der Waals surface area contributed by atoms with Crippen molar-refractivity contribution in [3.63, 3.8) is 0 Å². The fraction of sp³-hybridized carbons (Fsp3) is 0.133. The van der Waals surface area contributed by atoms with Crippen molar-refractivity contribution in [1.82, 2.24) is 18.7 Å². The number of aromatic amines is 1. The summed E-state index contributed by atoms with van der Waals surface area (Å²) in [5, 5.41) is 5.82. The molecule has 0 amide bonds. The van der Waals surface area contributed by atoms with Crippen molar-refractivity contribution < 1.29 is 26.7 Å². The topological polar surface area (TPSA) is 116 Å². The van der Waals surface area contributed by atoms with Crippen molar-refractivity contribution in [3.8, 4) is 17.1 Å². The number of hydrogen-bond acceptors (Lipinski definition) is 6. The van der Waals surface area contributed by atoms with Gasteiger partial charge in [0.1, 0.15) is 5.69 Å². The predicted molar refractivity (Wildman–Crippen MR) is 89.1 cm³/mol. The van der Waals surface area contributed by atoms with Gasteiger partial charge in [-0.15, -0.1) is 0 Å². The molecule has 2 heterocycles. The van der Waals surface area contributed by atoms with Gasteiger partial charge in [-0.05, 0) is 18.2 Å². The van der Waals surface area contributed by atoms with Crippen LogP contribution in [-0.2, 0) is 14.8 Å². The molecule has 3 rings (SSSR count). The Morgan fingerprint density at radius 2 is 2.00 bits per heavy atom. The molecule has 1 aromatic carbocycles. The minimum atomic E-state index is -3.90. The first-order valence-corrected chi connectivity index (χ1v) is 9.13. The fourth-order valence-corrected chi connectivity index (χ4v) is 3.26. The van der Waals surface area contributed by atoms with Gasteiger partial charge in [-0.3, -0.25) is 0 Å². The number of nitrogens with zero attached hydrogens (tertiary/aromatic N) is 3. The zero-order chi connectivity index (χ0) is 19.9. The van der Waals surface area contributed by atoms with Gasteiger partial charge in [0, 0.05) is 11.8 Å². The van der Waals surface area contributed by atoms with Crippen molar-refractivity contribution in [3.05, 3.63) is 58.3 Å². The fourth-order valence-electron chi connectivity index (χ4n) is 2.47. The first-order chi connectivity index (χ1) is 12.6. The third-order valence-corrected chi connectivity index (χ3v) is 4.66. The van der Waals surface area contributed by atoms with Crippen LogP contribution in [0.25, 0.3) is 17.1 Å². The Balaban J connectivity index is 2.29. The zero-order valence-corrected chi connectivity index (χ0v) is 14.8. The monoisotopic (exact) mass is 398 g/mol. The van der Waals surface area contributed by atoms with E-state index < -0.39 is 39.0 Å². The van der Waals surface area contributed by atoms with Crippen LogP contribution >= 0.6 is 0 Å². The van der Waals surface area contributed by atoms with Gasteiger partial charge in [0.2, 0.25) is 10.0 Å². The maximum atomic E-state index is 14.1. The van der Waals surface area contributed by atoms with E-state index in [1.54, 1.807) is 0 Å². The summed E-state index contributed by atoms with van der Waals surface area (Å²) in [4.78, 5) is 24.0. The highest BCUT2D eigenvalue weighted by Gasteiger charge is 2.24. The molecule has 9 nitrogen and oxygen atoms in total. The van der Waals surface area contributed by atoms with Crippen LogP contribution in [0.4, 0.5) is 8.78 Å². The van der Waals surface area contributed by atoms with Gasteiger partial charge >= 0.3 is 11.7 Å². The molecule has 0 saturated heterocycles. The van der Waals surface area contributed by atoms with E-state index in [9.17, 15) is 26.8 Å². The quantitative estimate of drug-likeness (QED) is 0.653. The molecule has 0 spiro atoms. The van der Waals surface area contributed by atoms with Crippen LogP contribution < -0.4 is 5.69 Å². The number of carbonyl (C=O) groups is 1. The third-order valence-electron chi connectivity index (χ3n) is 3.64. The lowest BCUT2D eigenvalue weighted by Gasteiger charge is -2.06. The molecule has 3 aromatic rings. The third kappa shape index (κ3) is 3.14. The predicted octanol–water partition coefficient (Wildman–Crippen LogP) is 0.902. The molecule has 0 atom stereocenters. The highest BCUT2D eigenvalue weighted by Crippen LogP contribution is 2.25. The van der Waals surface area contributed by atoms with Crippen LogP contribution in [0.3, 0.4) is 0 Å². The summed E-state index contributed by atoms with van der Waals surface area (Å²) in [6.45, 7) is 0. The Bertz CT molecular complexity index is 1210. The molecule has 0 aliphatic heterocycles. The van der Waals surface area contributed by atoms with Crippen LogP contribution in [0, 0.1) is 11.6 Å². The number of H-pyrrole nitrogens is 1. The van der Waals surface area contributed by atoms with Crippen molar-refractivity contribution in [1.29, 1.82) is 0 Å². The molecule has 27 heavy (non-hydrogen) atoms. The average molecular weight is 398 g/mol. The second-order valence-corrected chi connectivity index (χ2v) is 7.28. The molecule has 0 fully saturated rings. The standard InChI is InChI=1S/C15H12F2N4O5S/c1-26-14(22)11-6-8(7-20(11)27(2,24)25)13-18-19-15(23)21(13)10-5-3-4-9(16)12(10)17/h3-7H,1-2H3,(H,19,23). The van der Waals surface area contributed by atoms with Crippen LogP contribution in [0.1, 0.15) is 10.5 Å².